The minimum absolute atomic E-state index is 0.0685. The standard InChI is InChI=1S/C23H19ClFN3O3/c1-26(2)17-6-8-18(9-7-17)28-21-19(25)11-16(24)12-20(21)27(23(28)31)13-14-4-3-5-15(10-14)22(29)30/h3-12H,13H2,1-2H3,(H,29,30). The zero-order valence-electron chi connectivity index (χ0n) is 16.8. The number of aromatic carboxylic acids is 1. The van der Waals surface area contributed by atoms with Crippen molar-refractivity contribution in [2.75, 3.05) is 19.0 Å². The van der Waals surface area contributed by atoms with Gasteiger partial charge in [-0.1, -0.05) is 23.7 Å². The van der Waals surface area contributed by atoms with Gasteiger partial charge in [-0.3, -0.25) is 9.13 Å². The first kappa shape index (κ1) is 20.7. The normalized spacial score (nSPS) is 11.1. The Morgan fingerprint density at radius 3 is 2.45 bits per heavy atom. The van der Waals surface area contributed by atoms with Gasteiger partial charge in [0.1, 0.15) is 5.52 Å². The number of carbonyl (C=O) groups is 1. The quantitative estimate of drug-likeness (QED) is 0.500. The van der Waals surface area contributed by atoms with Gasteiger partial charge >= 0.3 is 11.7 Å². The molecule has 0 spiro atoms. The number of aromatic nitrogens is 2. The topological polar surface area (TPSA) is 67.5 Å². The van der Waals surface area contributed by atoms with Gasteiger partial charge < -0.3 is 10.0 Å². The molecule has 3 aromatic carbocycles. The maximum absolute atomic E-state index is 15.0. The smallest absolute Gasteiger partial charge is 0.335 e. The van der Waals surface area contributed by atoms with Crippen LogP contribution in [-0.2, 0) is 6.54 Å². The highest BCUT2D eigenvalue weighted by Gasteiger charge is 2.20. The molecule has 6 nitrogen and oxygen atoms in total. The van der Waals surface area contributed by atoms with Crippen LogP contribution in [0.3, 0.4) is 0 Å². The lowest BCUT2D eigenvalue weighted by molar-refractivity contribution is 0.0696. The second kappa shape index (κ2) is 7.92. The number of hydrogen-bond acceptors (Lipinski definition) is 3. The van der Waals surface area contributed by atoms with Gasteiger partial charge in [0.05, 0.1) is 23.3 Å². The Labute approximate surface area is 182 Å². The van der Waals surface area contributed by atoms with Crippen LogP contribution in [0.1, 0.15) is 15.9 Å². The predicted octanol–water partition coefficient (Wildman–Crippen LogP) is 4.40. The average molecular weight is 440 g/mol. The summed E-state index contributed by atoms with van der Waals surface area (Å²) in [5.74, 6) is -1.68. The zero-order valence-corrected chi connectivity index (χ0v) is 17.6. The molecule has 0 radical (unpaired) electrons. The number of nitrogens with zero attached hydrogens (tertiary/aromatic N) is 3. The van der Waals surface area contributed by atoms with Gasteiger partial charge in [0.15, 0.2) is 5.82 Å². The van der Waals surface area contributed by atoms with E-state index in [1.165, 1.54) is 33.4 Å². The van der Waals surface area contributed by atoms with Crippen LogP contribution in [0, 0.1) is 5.82 Å². The molecule has 0 aliphatic heterocycles. The van der Waals surface area contributed by atoms with Crippen LogP contribution in [0.25, 0.3) is 16.7 Å². The molecular weight excluding hydrogens is 421 g/mol. The number of carboxylic acids is 1. The van der Waals surface area contributed by atoms with E-state index in [1.54, 1.807) is 24.3 Å². The fraction of sp³-hybridized carbons (Fsp3) is 0.130. The summed E-state index contributed by atoms with van der Waals surface area (Å²) < 4.78 is 17.7. The average Bonchev–Trinajstić information content (AvgIpc) is 3.00. The highest BCUT2D eigenvalue weighted by Crippen LogP contribution is 2.26. The highest BCUT2D eigenvalue weighted by molar-refractivity contribution is 6.31. The minimum Gasteiger partial charge on any atom is -0.478 e. The van der Waals surface area contributed by atoms with Gasteiger partial charge in [0.2, 0.25) is 0 Å². The van der Waals surface area contributed by atoms with Crippen LogP contribution in [0.15, 0.2) is 65.5 Å². The third-order valence-corrected chi connectivity index (χ3v) is 5.30. The second-order valence-corrected chi connectivity index (χ2v) is 7.81. The summed E-state index contributed by atoms with van der Waals surface area (Å²) in [6, 6.07) is 16.2. The van der Waals surface area contributed by atoms with E-state index in [4.69, 9.17) is 11.6 Å². The first-order valence-corrected chi connectivity index (χ1v) is 9.84. The fourth-order valence-corrected chi connectivity index (χ4v) is 3.78. The number of anilines is 1. The van der Waals surface area contributed by atoms with Crippen LogP contribution < -0.4 is 10.6 Å². The molecule has 4 rings (SSSR count). The molecule has 0 aliphatic carbocycles. The summed E-state index contributed by atoms with van der Waals surface area (Å²) in [5, 5.41) is 9.41. The van der Waals surface area contributed by atoms with Gasteiger partial charge in [0, 0.05) is 24.8 Å². The van der Waals surface area contributed by atoms with Gasteiger partial charge in [-0.15, -0.1) is 0 Å². The fourth-order valence-electron chi connectivity index (χ4n) is 3.58. The van der Waals surface area contributed by atoms with Crippen molar-refractivity contribution in [3.63, 3.8) is 0 Å². The van der Waals surface area contributed by atoms with Crippen molar-refractivity contribution in [2.45, 2.75) is 6.54 Å². The maximum atomic E-state index is 15.0. The molecule has 1 N–H and O–H groups in total. The number of imidazole rings is 1. The van der Waals surface area contributed by atoms with E-state index in [2.05, 4.69) is 0 Å². The lowest BCUT2D eigenvalue weighted by Crippen LogP contribution is -2.24. The SMILES string of the molecule is CN(C)c1ccc(-n2c(=O)n(Cc3cccc(C(=O)O)c3)c3cc(Cl)cc(F)c32)cc1. The molecule has 31 heavy (non-hydrogen) atoms. The van der Waals surface area contributed by atoms with E-state index >= 15 is 0 Å². The Hall–Kier alpha value is -3.58. The lowest BCUT2D eigenvalue weighted by Gasteiger charge is -2.13. The van der Waals surface area contributed by atoms with Crippen molar-refractivity contribution in [1.29, 1.82) is 0 Å². The molecule has 0 fully saturated rings. The van der Waals surface area contributed by atoms with Crippen molar-refractivity contribution in [1.82, 2.24) is 9.13 Å². The first-order valence-electron chi connectivity index (χ1n) is 9.46. The summed E-state index contributed by atoms with van der Waals surface area (Å²) in [7, 11) is 3.81. The molecule has 0 bridgehead atoms. The molecule has 0 amide bonds. The van der Waals surface area contributed by atoms with Crippen LogP contribution >= 0.6 is 11.6 Å². The minimum atomic E-state index is -1.06. The number of hydrogen-bond donors (Lipinski definition) is 1. The summed E-state index contributed by atoms with van der Waals surface area (Å²) in [5.41, 5.74) is 2.15. The van der Waals surface area contributed by atoms with Crippen LogP contribution in [-0.4, -0.2) is 34.3 Å². The summed E-state index contributed by atoms with van der Waals surface area (Å²) in [6.45, 7) is 0.0685. The Kier molecular flexibility index (Phi) is 5.29. The van der Waals surface area contributed by atoms with E-state index in [0.29, 0.717) is 16.8 Å². The van der Waals surface area contributed by atoms with E-state index < -0.39 is 17.5 Å². The van der Waals surface area contributed by atoms with Gasteiger partial charge in [-0.2, -0.15) is 0 Å². The number of benzene rings is 3. The van der Waals surface area contributed by atoms with E-state index in [1.807, 2.05) is 31.1 Å². The highest BCUT2D eigenvalue weighted by atomic mass is 35.5. The monoisotopic (exact) mass is 439 g/mol. The van der Waals surface area contributed by atoms with Crippen molar-refractivity contribution in [3.8, 4) is 5.69 Å². The summed E-state index contributed by atoms with van der Waals surface area (Å²) in [4.78, 5) is 26.6. The second-order valence-electron chi connectivity index (χ2n) is 7.38. The van der Waals surface area contributed by atoms with Crippen LogP contribution in [0.2, 0.25) is 5.02 Å². The Morgan fingerprint density at radius 2 is 1.81 bits per heavy atom. The van der Waals surface area contributed by atoms with E-state index in [-0.39, 0.29) is 22.6 Å². The third-order valence-electron chi connectivity index (χ3n) is 5.08. The summed E-state index contributed by atoms with van der Waals surface area (Å²) >= 11 is 6.08. The van der Waals surface area contributed by atoms with E-state index in [9.17, 15) is 19.1 Å². The van der Waals surface area contributed by atoms with Crippen LogP contribution in [0.4, 0.5) is 10.1 Å². The Balaban J connectivity index is 1.93. The molecule has 4 aromatic rings. The number of rotatable bonds is 5. The van der Waals surface area contributed by atoms with Crippen molar-refractivity contribution in [3.05, 3.63) is 93.1 Å². The van der Waals surface area contributed by atoms with Gasteiger partial charge in [-0.25, -0.2) is 14.0 Å². The lowest BCUT2D eigenvalue weighted by atomic mass is 10.1. The molecule has 0 atom stereocenters. The van der Waals surface area contributed by atoms with Gasteiger partial charge in [0.25, 0.3) is 0 Å². The molecule has 0 saturated heterocycles. The number of halogens is 2. The molecule has 1 heterocycles. The van der Waals surface area contributed by atoms with Crippen molar-refractivity contribution in [2.24, 2.45) is 0 Å². The Morgan fingerprint density at radius 1 is 1.10 bits per heavy atom. The number of carboxylic acid groups (broad SMARTS) is 1. The first-order chi connectivity index (χ1) is 14.8. The Bertz CT molecular complexity index is 1360. The van der Waals surface area contributed by atoms with Gasteiger partial charge in [-0.05, 0) is 54.1 Å². The molecule has 0 aliphatic rings. The third kappa shape index (κ3) is 3.80. The molecule has 8 heteroatoms. The molecule has 1 aromatic heterocycles. The van der Waals surface area contributed by atoms with Crippen LogP contribution in [0.5, 0.6) is 0 Å². The molecular formula is C23H19ClFN3O3. The maximum Gasteiger partial charge on any atom is 0.335 e. The van der Waals surface area contributed by atoms with Crippen molar-refractivity contribution >= 4 is 34.3 Å². The number of fused-ring (bicyclic) bond motifs is 1. The molecule has 0 saturated carbocycles. The zero-order chi connectivity index (χ0) is 22.3. The molecule has 158 valence electrons. The largest absolute Gasteiger partial charge is 0.478 e. The predicted molar refractivity (Wildman–Crippen MR) is 119 cm³/mol. The molecule has 0 unspecified atom stereocenters. The van der Waals surface area contributed by atoms with Crippen molar-refractivity contribution < 1.29 is 14.3 Å². The summed E-state index contributed by atoms with van der Waals surface area (Å²) in [6.07, 6.45) is 0. The van der Waals surface area contributed by atoms with E-state index in [0.717, 1.165) is 5.69 Å².